The Labute approximate surface area is 120 Å². The zero-order valence-corrected chi connectivity index (χ0v) is 12.3. The molecule has 2 rings (SSSR count). The standard InChI is InChI=1S/C15H14BrNO2/c1-10-13(7-4-8-14(10)16)15(18)17-11-5-3-6-12(9-11)19-2/h3-9H,1-2H3,(H,17,18). The molecule has 1 amide bonds. The SMILES string of the molecule is COc1cccc(NC(=O)c2cccc(Br)c2C)c1. The number of nitrogens with one attached hydrogen (secondary N) is 1. The molecule has 0 unspecified atom stereocenters. The first-order chi connectivity index (χ1) is 9.11. The van der Waals surface area contributed by atoms with E-state index in [-0.39, 0.29) is 5.91 Å². The molecule has 2 aromatic rings. The van der Waals surface area contributed by atoms with E-state index >= 15 is 0 Å². The molecule has 4 heteroatoms. The average Bonchev–Trinajstić information content (AvgIpc) is 2.42. The number of ether oxygens (including phenoxy) is 1. The van der Waals surface area contributed by atoms with Gasteiger partial charge in [-0.3, -0.25) is 4.79 Å². The minimum absolute atomic E-state index is 0.132. The molecule has 0 radical (unpaired) electrons. The monoisotopic (exact) mass is 319 g/mol. The van der Waals surface area contributed by atoms with Crippen LogP contribution in [0.5, 0.6) is 5.75 Å². The highest BCUT2D eigenvalue weighted by Gasteiger charge is 2.11. The Morgan fingerprint density at radius 2 is 1.95 bits per heavy atom. The van der Waals surface area contributed by atoms with Crippen LogP contribution in [0, 0.1) is 6.92 Å². The van der Waals surface area contributed by atoms with Crippen molar-refractivity contribution in [1.29, 1.82) is 0 Å². The second-order valence-corrected chi connectivity index (χ2v) is 4.95. The van der Waals surface area contributed by atoms with Crippen LogP contribution in [-0.2, 0) is 0 Å². The fourth-order valence-electron chi connectivity index (χ4n) is 1.75. The summed E-state index contributed by atoms with van der Waals surface area (Å²) in [6.07, 6.45) is 0. The molecule has 0 aromatic heterocycles. The molecule has 3 nitrogen and oxygen atoms in total. The number of amides is 1. The van der Waals surface area contributed by atoms with Gasteiger partial charge in [-0.15, -0.1) is 0 Å². The van der Waals surface area contributed by atoms with Crippen molar-refractivity contribution in [3.63, 3.8) is 0 Å². The lowest BCUT2D eigenvalue weighted by atomic mass is 10.1. The molecule has 0 spiro atoms. The van der Waals surface area contributed by atoms with Crippen LogP contribution in [0.3, 0.4) is 0 Å². The van der Waals surface area contributed by atoms with Crippen LogP contribution >= 0.6 is 15.9 Å². The maximum Gasteiger partial charge on any atom is 0.255 e. The average molecular weight is 320 g/mol. The van der Waals surface area contributed by atoms with Crippen molar-refractivity contribution in [3.8, 4) is 5.75 Å². The van der Waals surface area contributed by atoms with Crippen molar-refractivity contribution >= 4 is 27.5 Å². The van der Waals surface area contributed by atoms with E-state index in [2.05, 4.69) is 21.2 Å². The predicted octanol–water partition coefficient (Wildman–Crippen LogP) is 4.02. The Balaban J connectivity index is 2.23. The topological polar surface area (TPSA) is 38.3 Å². The van der Waals surface area contributed by atoms with Crippen LogP contribution in [0.1, 0.15) is 15.9 Å². The van der Waals surface area contributed by atoms with Gasteiger partial charge in [0.1, 0.15) is 5.75 Å². The van der Waals surface area contributed by atoms with Gasteiger partial charge in [-0.25, -0.2) is 0 Å². The lowest BCUT2D eigenvalue weighted by Crippen LogP contribution is -2.13. The van der Waals surface area contributed by atoms with Crippen molar-refractivity contribution in [3.05, 3.63) is 58.1 Å². The van der Waals surface area contributed by atoms with Crippen LogP contribution in [-0.4, -0.2) is 13.0 Å². The van der Waals surface area contributed by atoms with E-state index in [0.717, 1.165) is 10.0 Å². The highest BCUT2D eigenvalue weighted by molar-refractivity contribution is 9.10. The van der Waals surface area contributed by atoms with Gasteiger partial charge in [0.2, 0.25) is 0 Å². The van der Waals surface area contributed by atoms with Gasteiger partial charge in [-0.1, -0.05) is 28.1 Å². The molecular weight excluding hydrogens is 306 g/mol. The number of carbonyl (C=O) groups excluding carboxylic acids is 1. The number of rotatable bonds is 3. The van der Waals surface area contributed by atoms with Gasteiger partial charge in [0.25, 0.3) is 5.91 Å². The second-order valence-electron chi connectivity index (χ2n) is 4.10. The molecular formula is C15H14BrNO2. The summed E-state index contributed by atoms with van der Waals surface area (Å²) in [5, 5.41) is 2.86. The minimum atomic E-state index is -0.132. The number of halogens is 1. The number of methoxy groups -OCH3 is 1. The van der Waals surface area contributed by atoms with Gasteiger partial charge in [-0.2, -0.15) is 0 Å². The van der Waals surface area contributed by atoms with E-state index in [0.29, 0.717) is 17.0 Å². The molecule has 2 aromatic carbocycles. The van der Waals surface area contributed by atoms with Crippen LogP contribution in [0.4, 0.5) is 5.69 Å². The van der Waals surface area contributed by atoms with Crippen molar-refractivity contribution in [2.75, 3.05) is 12.4 Å². The van der Waals surface area contributed by atoms with E-state index in [1.165, 1.54) is 0 Å². The first-order valence-electron chi connectivity index (χ1n) is 5.82. The predicted molar refractivity (Wildman–Crippen MR) is 79.8 cm³/mol. The van der Waals surface area contributed by atoms with E-state index in [1.54, 1.807) is 19.2 Å². The normalized spacial score (nSPS) is 10.1. The van der Waals surface area contributed by atoms with E-state index in [4.69, 9.17) is 4.74 Å². The molecule has 19 heavy (non-hydrogen) atoms. The van der Waals surface area contributed by atoms with Gasteiger partial charge >= 0.3 is 0 Å². The largest absolute Gasteiger partial charge is 0.497 e. The first kappa shape index (κ1) is 13.6. The Hall–Kier alpha value is -1.81. The van der Waals surface area contributed by atoms with E-state index < -0.39 is 0 Å². The second kappa shape index (κ2) is 5.89. The molecule has 0 aliphatic carbocycles. The maximum absolute atomic E-state index is 12.2. The first-order valence-corrected chi connectivity index (χ1v) is 6.61. The highest BCUT2D eigenvalue weighted by atomic mass is 79.9. The van der Waals surface area contributed by atoms with Gasteiger partial charge in [0.05, 0.1) is 7.11 Å². The van der Waals surface area contributed by atoms with Crippen LogP contribution < -0.4 is 10.1 Å². The van der Waals surface area contributed by atoms with Gasteiger partial charge < -0.3 is 10.1 Å². The van der Waals surface area contributed by atoms with Gasteiger partial charge in [-0.05, 0) is 36.8 Å². The molecule has 0 fully saturated rings. The molecule has 0 saturated heterocycles. The van der Waals surface area contributed by atoms with Crippen molar-refractivity contribution in [1.82, 2.24) is 0 Å². The minimum Gasteiger partial charge on any atom is -0.497 e. The number of anilines is 1. The smallest absolute Gasteiger partial charge is 0.255 e. The third kappa shape index (κ3) is 3.15. The summed E-state index contributed by atoms with van der Waals surface area (Å²) in [4.78, 5) is 12.2. The Kier molecular flexibility index (Phi) is 4.22. The molecule has 0 aliphatic rings. The zero-order chi connectivity index (χ0) is 13.8. The van der Waals surface area contributed by atoms with Crippen molar-refractivity contribution < 1.29 is 9.53 Å². The number of hydrogen-bond donors (Lipinski definition) is 1. The summed E-state index contributed by atoms with van der Waals surface area (Å²) in [6.45, 7) is 1.91. The van der Waals surface area contributed by atoms with E-state index in [9.17, 15) is 4.79 Å². The summed E-state index contributed by atoms with van der Waals surface area (Å²) >= 11 is 3.42. The molecule has 0 saturated carbocycles. The summed E-state index contributed by atoms with van der Waals surface area (Å²) < 4.78 is 6.05. The Morgan fingerprint density at radius 1 is 1.21 bits per heavy atom. The summed E-state index contributed by atoms with van der Waals surface area (Å²) in [7, 11) is 1.60. The molecule has 0 aliphatic heterocycles. The maximum atomic E-state index is 12.2. The summed E-state index contributed by atoms with van der Waals surface area (Å²) in [5.74, 6) is 0.579. The van der Waals surface area contributed by atoms with Crippen LogP contribution in [0.25, 0.3) is 0 Å². The Bertz CT molecular complexity index is 611. The highest BCUT2D eigenvalue weighted by Crippen LogP contribution is 2.22. The van der Waals surface area contributed by atoms with Crippen molar-refractivity contribution in [2.24, 2.45) is 0 Å². The number of carbonyl (C=O) groups is 1. The third-order valence-electron chi connectivity index (χ3n) is 2.84. The molecule has 1 N–H and O–H groups in total. The Morgan fingerprint density at radius 3 is 2.68 bits per heavy atom. The lowest BCUT2D eigenvalue weighted by Gasteiger charge is -2.09. The fraction of sp³-hybridized carbons (Fsp3) is 0.133. The van der Waals surface area contributed by atoms with Gasteiger partial charge in [0, 0.05) is 21.8 Å². The number of hydrogen-bond acceptors (Lipinski definition) is 2. The lowest BCUT2D eigenvalue weighted by molar-refractivity contribution is 0.102. The van der Waals surface area contributed by atoms with Gasteiger partial charge in [0.15, 0.2) is 0 Å². The summed E-state index contributed by atoms with van der Waals surface area (Å²) in [5.41, 5.74) is 2.28. The molecule has 98 valence electrons. The quantitative estimate of drug-likeness (QED) is 0.928. The van der Waals surface area contributed by atoms with E-state index in [1.807, 2.05) is 37.3 Å². The van der Waals surface area contributed by atoms with Crippen LogP contribution in [0.2, 0.25) is 0 Å². The summed E-state index contributed by atoms with van der Waals surface area (Å²) in [6, 6.07) is 12.8. The third-order valence-corrected chi connectivity index (χ3v) is 3.70. The molecule has 0 bridgehead atoms. The number of benzene rings is 2. The molecule has 0 atom stereocenters. The van der Waals surface area contributed by atoms with Crippen LogP contribution in [0.15, 0.2) is 46.9 Å². The zero-order valence-electron chi connectivity index (χ0n) is 10.7. The molecule has 0 heterocycles. The van der Waals surface area contributed by atoms with Crippen molar-refractivity contribution in [2.45, 2.75) is 6.92 Å². The fourth-order valence-corrected chi connectivity index (χ4v) is 2.12.